The molecule has 4 aromatic rings. The van der Waals surface area contributed by atoms with Crippen molar-refractivity contribution >= 4 is 34.0 Å². The third kappa shape index (κ3) is 12.2. The molecule has 352 valence electrons. The van der Waals surface area contributed by atoms with Gasteiger partial charge in [0, 0.05) is 79.0 Å². The molecule has 6 heterocycles. The van der Waals surface area contributed by atoms with E-state index >= 15 is 0 Å². The second-order valence-electron chi connectivity index (χ2n) is 21.4. The van der Waals surface area contributed by atoms with Crippen LogP contribution in [-0.4, -0.2) is 155 Å². The summed E-state index contributed by atoms with van der Waals surface area (Å²) in [5.74, 6) is 2.25. The van der Waals surface area contributed by atoms with Crippen LogP contribution in [-0.2, 0) is 9.47 Å². The van der Waals surface area contributed by atoms with Gasteiger partial charge >= 0.3 is 12.2 Å². The molecule has 12 nitrogen and oxygen atoms in total. The average Bonchev–Trinajstić information content (AvgIpc) is 3.91. The number of likely N-dealkylation sites (tertiary alicyclic amines) is 4. The summed E-state index contributed by atoms with van der Waals surface area (Å²) in [5, 5.41) is 12.9. The Balaban J connectivity index is 0.000000192. The van der Waals surface area contributed by atoms with E-state index < -0.39 is 11.2 Å². The number of aliphatic hydroxyl groups is 1. The van der Waals surface area contributed by atoms with E-state index in [0.717, 1.165) is 84.3 Å². The van der Waals surface area contributed by atoms with E-state index in [9.17, 15) is 14.7 Å². The number of aromatic nitrogens is 2. The molecule has 0 radical (unpaired) electrons. The van der Waals surface area contributed by atoms with Gasteiger partial charge in [0.25, 0.3) is 0 Å². The van der Waals surface area contributed by atoms with E-state index in [4.69, 9.17) is 9.47 Å². The lowest BCUT2D eigenvalue weighted by molar-refractivity contribution is 0.00453. The Morgan fingerprint density at radius 3 is 1.36 bits per heavy atom. The second kappa shape index (κ2) is 21.0. The average molecular weight is 882 g/mol. The minimum atomic E-state index is -0.462. The highest BCUT2D eigenvalue weighted by Crippen LogP contribution is 2.37. The van der Waals surface area contributed by atoms with Gasteiger partial charge in [0.2, 0.25) is 0 Å². The van der Waals surface area contributed by atoms with Crippen molar-refractivity contribution in [1.29, 1.82) is 0 Å². The minimum Gasteiger partial charge on any atom is -0.444 e. The van der Waals surface area contributed by atoms with Crippen molar-refractivity contribution in [3.05, 3.63) is 72.1 Å². The summed E-state index contributed by atoms with van der Waals surface area (Å²) >= 11 is 0. The lowest BCUT2D eigenvalue weighted by atomic mass is 9.84. The summed E-state index contributed by atoms with van der Waals surface area (Å²) in [4.78, 5) is 43.0. The Kier molecular flexibility index (Phi) is 15.7. The fourth-order valence-corrected chi connectivity index (χ4v) is 11.0. The lowest BCUT2D eigenvalue weighted by Gasteiger charge is -2.45. The van der Waals surface area contributed by atoms with Crippen LogP contribution < -0.4 is 0 Å². The van der Waals surface area contributed by atoms with Gasteiger partial charge in [0.1, 0.15) is 11.2 Å². The SMILES string of the molecule is CC(C)(C)OC(=O)N1CCC(C(CO)N2CCC(c3c[nH]c4ccccc34)CC2)CC1.CN(C)CC(C1CCN(C(=O)OC(C)(C)C)CC1)N1CCC(c2c[nH]c3ccccc23)CC1. The molecule has 2 atom stereocenters. The molecule has 4 saturated heterocycles. The van der Waals surface area contributed by atoms with E-state index in [1.54, 1.807) is 0 Å². The van der Waals surface area contributed by atoms with Crippen molar-refractivity contribution in [3.63, 3.8) is 0 Å². The van der Waals surface area contributed by atoms with Crippen LogP contribution in [0.1, 0.15) is 116 Å². The molecule has 2 amide bonds. The molecule has 3 N–H and O–H groups in total. The molecule has 2 unspecified atom stereocenters. The van der Waals surface area contributed by atoms with Crippen LogP contribution in [0.3, 0.4) is 0 Å². The Hall–Kier alpha value is -4.10. The van der Waals surface area contributed by atoms with Gasteiger partial charge < -0.3 is 39.2 Å². The zero-order valence-electron chi connectivity index (χ0n) is 40.3. The first kappa shape index (κ1) is 47.9. The molecule has 4 aliphatic rings. The maximum Gasteiger partial charge on any atom is 0.410 e. The zero-order valence-corrected chi connectivity index (χ0v) is 40.3. The number of carbonyl (C=O) groups is 2. The molecule has 2 aromatic carbocycles. The Bertz CT molecular complexity index is 2090. The summed E-state index contributed by atoms with van der Waals surface area (Å²) in [7, 11) is 4.36. The van der Waals surface area contributed by atoms with Crippen LogP contribution in [0.2, 0.25) is 0 Å². The molecule has 0 saturated carbocycles. The number of carbonyl (C=O) groups excluding carboxylic acids is 2. The Morgan fingerprint density at radius 2 is 0.984 bits per heavy atom. The lowest BCUT2D eigenvalue weighted by Crippen LogP contribution is -2.52. The van der Waals surface area contributed by atoms with Gasteiger partial charge in [-0.05, 0) is 180 Å². The van der Waals surface area contributed by atoms with Gasteiger partial charge in [-0.15, -0.1) is 0 Å². The van der Waals surface area contributed by atoms with E-state index in [1.807, 2.05) is 51.3 Å². The summed E-state index contributed by atoms with van der Waals surface area (Å²) < 4.78 is 11.1. The number of fused-ring (bicyclic) bond motifs is 2. The fraction of sp³-hybridized carbons (Fsp3) is 0.654. The number of para-hydroxylation sites is 2. The second-order valence-corrected chi connectivity index (χ2v) is 21.4. The largest absolute Gasteiger partial charge is 0.444 e. The molecule has 12 heteroatoms. The highest BCUT2D eigenvalue weighted by Gasteiger charge is 2.37. The molecule has 64 heavy (non-hydrogen) atoms. The number of rotatable bonds is 9. The molecule has 8 rings (SSSR count). The van der Waals surface area contributed by atoms with Crippen molar-refractivity contribution in [1.82, 2.24) is 34.5 Å². The number of aromatic amines is 2. The first-order chi connectivity index (χ1) is 30.6. The van der Waals surface area contributed by atoms with Crippen LogP contribution in [0.25, 0.3) is 21.8 Å². The van der Waals surface area contributed by atoms with Gasteiger partial charge in [-0.3, -0.25) is 9.80 Å². The van der Waals surface area contributed by atoms with Crippen molar-refractivity contribution in [2.24, 2.45) is 11.8 Å². The van der Waals surface area contributed by atoms with E-state index in [0.29, 0.717) is 42.8 Å². The van der Waals surface area contributed by atoms with Gasteiger partial charge in [0.15, 0.2) is 0 Å². The quantitative estimate of drug-likeness (QED) is 0.152. The molecule has 0 bridgehead atoms. The summed E-state index contributed by atoms with van der Waals surface area (Å²) in [5.41, 5.74) is 4.48. The number of ether oxygens (including phenoxy) is 2. The highest BCUT2D eigenvalue weighted by atomic mass is 16.6. The van der Waals surface area contributed by atoms with Gasteiger partial charge in [-0.1, -0.05) is 36.4 Å². The first-order valence-electron chi connectivity index (χ1n) is 24.4. The highest BCUT2D eigenvalue weighted by molar-refractivity contribution is 5.84. The van der Waals surface area contributed by atoms with Crippen molar-refractivity contribution < 1.29 is 24.2 Å². The topological polar surface area (TPSA) is 121 Å². The van der Waals surface area contributed by atoms with Crippen LogP contribution in [0.4, 0.5) is 9.59 Å². The maximum absolute atomic E-state index is 12.5. The van der Waals surface area contributed by atoms with E-state index in [-0.39, 0.29) is 24.8 Å². The number of amides is 2. The molecule has 0 aliphatic carbocycles. The zero-order chi connectivity index (χ0) is 45.6. The van der Waals surface area contributed by atoms with Crippen LogP contribution in [0, 0.1) is 11.8 Å². The smallest absolute Gasteiger partial charge is 0.410 e. The number of piperidine rings is 4. The number of benzene rings is 2. The molecule has 4 fully saturated rings. The fourth-order valence-electron chi connectivity index (χ4n) is 11.0. The molecular formula is C52H79N7O5. The first-order valence-corrected chi connectivity index (χ1v) is 24.4. The monoisotopic (exact) mass is 882 g/mol. The summed E-state index contributed by atoms with van der Waals surface area (Å²) in [6, 6.07) is 17.9. The molecule has 2 aromatic heterocycles. The number of nitrogens with one attached hydrogen (secondary N) is 2. The molecular weight excluding hydrogens is 803 g/mol. The van der Waals surface area contributed by atoms with E-state index in [1.165, 1.54) is 45.8 Å². The van der Waals surface area contributed by atoms with Gasteiger partial charge in [-0.2, -0.15) is 0 Å². The Morgan fingerprint density at radius 1 is 0.609 bits per heavy atom. The molecule has 4 aliphatic heterocycles. The van der Waals surface area contributed by atoms with Crippen LogP contribution in [0.5, 0.6) is 0 Å². The predicted molar refractivity (Wildman–Crippen MR) is 258 cm³/mol. The summed E-state index contributed by atoms with van der Waals surface area (Å²) in [6.45, 7) is 20.1. The number of aliphatic hydroxyl groups excluding tert-OH is 1. The third-order valence-corrected chi connectivity index (χ3v) is 14.3. The number of hydrogen-bond donors (Lipinski definition) is 3. The van der Waals surface area contributed by atoms with Crippen molar-refractivity contribution in [2.45, 2.75) is 128 Å². The predicted octanol–water partition coefficient (Wildman–Crippen LogP) is 9.28. The third-order valence-electron chi connectivity index (χ3n) is 14.3. The normalized spacial score (nSPS) is 20.7. The van der Waals surface area contributed by atoms with Crippen LogP contribution in [0.15, 0.2) is 60.9 Å². The summed E-state index contributed by atoms with van der Waals surface area (Å²) in [6.07, 6.45) is 12.7. The number of likely N-dealkylation sites (N-methyl/N-ethyl adjacent to an activating group) is 1. The van der Waals surface area contributed by atoms with Gasteiger partial charge in [0.05, 0.1) is 6.61 Å². The maximum atomic E-state index is 12.5. The van der Waals surface area contributed by atoms with Gasteiger partial charge in [-0.25, -0.2) is 9.59 Å². The number of hydrogen-bond acceptors (Lipinski definition) is 8. The number of H-pyrrole nitrogens is 2. The Labute approximate surface area is 383 Å². The van der Waals surface area contributed by atoms with Crippen LogP contribution >= 0.6 is 0 Å². The van der Waals surface area contributed by atoms with Crippen molar-refractivity contribution in [2.75, 3.05) is 79.6 Å². The molecule has 0 spiro atoms. The number of nitrogens with zero attached hydrogens (tertiary/aromatic N) is 5. The van der Waals surface area contributed by atoms with E-state index in [2.05, 4.69) is 99.7 Å². The van der Waals surface area contributed by atoms with Crippen molar-refractivity contribution in [3.8, 4) is 0 Å². The standard InChI is InChI=1S/C27H42N4O2.C25H37N3O3/c1-27(2,3)33-26(32)31-16-12-21(13-17-31)25(19-29(4)5)30-14-10-20(11-15-30)23-18-28-24-9-7-6-8-22(23)24;1-25(2,3)31-24(30)28-14-10-19(11-15-28)23(17-29)27-12-8-18(9-13-27)21-16-26-22-7-5-4-6-20(21)22/h6-9,18,20-21,25,28H,10-17,19H2,1-5H3;4-7,16,18-19,23,26,29H,8-15,17H2,1-3H3. The minimum absolute atomic E-state index is 0.162.